The number of aliphatic carboxylic acids is 1. The van der Waals surface area contributed by atoms with Crippen LogP contribution < -0.4 is 5.32 Å². The minimum absolute atomic E-state index is 0.0680. The van der Waals surface area contributed by atoms with Crippen LogP contribution in [0, 0.1) is 0 Å². The average molecular weight is 460 g/mol. The van der Waals surface area contributed by atoms with Gasteiger partial charge in [-0.25, -0.2) is 9.59 Å². The number of fused-ring (bicyclic) bond motifs is 3. The predicted octanol–water partition coefficient (Wildman–Crippen LogP) is 3.85. The summed E-state index contributed by atoms with van der Waals surface area (Å²) in [4.78, 5) is 38.1. The molecule has 1 fully saturated rings. The molecule has 1 aliphatic carbocycles. The van der Waals surface area contributed by atoms with Crippen molar-refractivity contribution in [2.45, 2.75) is 31.2 Å². The third-order valence-electron chi connectivity index (χ3n) is 6.43. The van der Waals surface area contributed by atoms with Crippen molar-refractivity contribution in [1.29, 1.82) is 0 Å². The zero-order chi connectivity index (χ0) is 23.7. The van der Waals surface area contributed by atoms with Crippen LogP contribution in [0.15, 0.2) is 54.6 Å². The van der Waals surface area contributed by atoms with E-state index < -0.39 is 24.0 Å². The number of carbonyl (C=O) groups excluding carboxylic acids is 2. The molecule has 9 nitrogen and oxygen atoms in total. The van der Waals surface area contributed by atoms with Gasteiger partial charge in [0, 0.05) is 18.5 Å². The second-order valence-electron chi connectivity index (χ2n) is 8.47. The Morgan fingerprint density at radius 2 is 1.74 bits per heavy atom. The van der Waals surface area contributed by atoms with Crippen LogP contribution in [0.2, 0.25) is 0 Å². The summed E-state index contributed by atoms with van der Waals surface area (Å²) in [6.07, 6.45) is 1.24. The Hall–Kier alpha value is -4.14. The minimum Gasteiger partial charge on any atom is -0.480 e. The van der Waals surface area contributed by atoms with Crippen LogP contribution in [0.4, 0.5) is 10.6 Å². The van der Waals surface area contributed by atoms with E-state index in [1.54, 1.807) is 0 Å². The molecule has 34 heavy (non-hydrogen) atoms. The molecule has 3 aromatic rings. The molecular weight excluding hydrogens is 436 g/mol. The number of carboxylic acid groups (broad SMARTS) is 1. The zero-order valence-electron chi connectivity index (χ0n) is 18.4. The molecule has 0 unspecified atom stereocenters. The molecule has 2 aliphatic rings. The Morgan fingerprint density at radius 1 is 1.06 bits per heavy atom. The van der Waals surface area contributed by atoms with Gasteiger partial charge in [0.25, 0.3) is 5.91 Å². The molecule has 0 saturated carbocycles. The number of carboxylic acids is 1. The number of ether oxygens (including phenoxy) is 1. The van der Waals surface area contributed by atoms with E-state index in [-0.39, 0.29) is 24.0 Å². The van der Waals surface area contributed by atoms with Gasteiger partial charge in [-0.3, -0.25) is 15.2 Å². The number of piperidine rings is 1. The molecule has 174 valence electrons. The number of hydrogen-bond acceptors (Lipinski definition) is 5. The number of nitrogens with one attached hydrogen (secondary N) is 2. The van der Waals surface area contributed by atoms with Crippen molar-refractivity contribution in [2.24, 2.45) is 0 Å². The van der Waals surface area contributed by atoms with Crippen molar-refractivity contribution in [3.8, 4) is 11.1 Å². The molecule has 5 rings (SSSR count). The van der Waals surface area contributed by atoms with E-state index >= 15 is 0 Å². The molecule has 1 saturated heterocycles. The van der Waals surface area contributed by atoms with Gasteiger partial charge in [-0.1, -0.05) is 48.5 Å². The summed E-state index contributed by atoms with van der Waals surface area (Å²) in [5.74, 6) is -1.42. The van der Waals surface area contributed by atoms with E-state index in [9.17, 15) is 19.5 Å². The number of hydrogen-bond donors (Lipinski definition) is 3. The lowest BCUT2D eigenvalue weighted by atomic mass is 9.98. The van der Waals surface area contributed by atoms with Gasteiger partial charge in [0.05, 0.1) is 0 Å². The molecule has 2 amide bonds. The van der Waals surface area contributed by atoms with Crippen LogP contribution in [-0.2, 0) is 9.53 Å². The van der Waals surface area contributed by atoms with E-state index in [0.29, 0.717) is 13.0 Å². The smallest absolute Gasteiger partial charge is 0.412 e. The van der Waals surface area contributed by atoms with Crippen LogP contribution >= 0.6 is 0 Å². The van der Waals surface area contributed by atoms with Gasteiger partial charge >= 0.3 is 12.1 Å². The molecule has 1 aromatic heterocycles. The number of anilines is 1. The van der Waals surface area contributed by atoms with Gasteiger partial charge < -0.3 is 14.7 Å². The number of rotatable bonds is 5. The van der Waals surface area contributed by atoms with Crippen molar-refractivity contribution < 1.29 is 24.2 Å². The molecule has 0 radical (unpaired) electrons. The number of carbonyl (C=O) groups is 3. The summed E-state index contributed by atoms with van der Waals surface area (Å²) < 4.78 is 5.50. The average Bonchev–Trinajstić information content (AvgIpc) is 3.45. The maximum atomic E-state index is 12.8. The Labute approximate surface area is 195 Å². The molecule has 1 atom stereocenters. The highest BCUT2D eigenvalue weighted by Gasteiger charge is 2.33. The summed E-state index contributed by atoms with van der Waals surface area (Å²) in [6.45, 7) is 0.522. The van der Waals surface area contributed by atoms with Crippen LogP contribution in [0.5, 0.6) is 0 Å². The second kappa shape index (κ2) is 9.01. The SMILES string of the molecule is O=C(Nc1cc(C(=O)N2CCCC[C@H]2C(=O)O)[nH]n1)OCC1c2ccccc2-c2ccccc21. The zero-order valence-corrected chi connectivity index (χ0v) is 18.4. The fourth-order valence-corrected chi connectivity index (χ4v) is 4.82. The Morgan fingerprint density at radius 3 is 2.41 bits per heavy atom. The van der Waals surface area contributed by atoms with Gasteiger partial charge in [0.1, 0.15) is 18.3 Å². The van der Waals surface area contributed by atoms with Crippen molar-refractivity contribution in [3.05, 3.63) is 71.4 Å². The van der Waals surface area contributed by atoms with E-state index in [1.165, 1.54) is 11.0 Å². The number of likely N-dealkylation sites (tertiary alicyclic amines) is 1. The number of amides is 2. The van der Waals surface area contributed by atoms with Gasteiger partial charge in [0.2, 0.25) is 0 Å². The van der Waals surface area contributed by atoms with Crippen molar-refractivity contribution in [2.75, 3.05) is 18.5 Å². The van der Waals surface area contributed by atoms with Crippen LogP contribution in [-0.4, -0.2) is 57.4 Å². The largest absolute Gasteiger partial charge is 0.480 e. The Bertz CT molecular complexity index is 1210. The van der Waals surface area contributed by atoms with Gasteiger partial charge in [-0.15, -0.1) is 0 Å². The van der Waals surface area contributed by atoms with Crippen molar-refractivity contribution >= 4 is 23.8 Å². The summed E-state index contributed by atoms with van der Waals surface area (Å²) in [5.41, 5.74) is 4.61. The van der Waals surface area contributed by atoms with E-state index in [2.05, 4.69) is 27.6 Å². The molecule has 0 bridgehead atoms. The van der Waals surface area contributed by atoms with Crippen LogP contribution in [0.1, 0.15) is 46.8 Å². The fraction of sp³-hybridized carbons (Fsp3) is 0.280. The first-order chi connectivity index (χ1) is 16.5. The van der Waals surface area contributed by atoms with E-state index in [0.717, 1.165) is 35.1 Å². The Kier molecular flexibility index (Phi) is 5.75. The summed E-state index contributed by atoms with van der Waals surface area (Å²) >= 11 is 0. The molecule has 3 N–H and O–H groups in total. The number of aromatic nitrogens is 2. The van der Waals surface area contributed by atoms with Crippen LogP contribution in [0.3, 0.4) is 0 Å². The van der Waals surface area contributed by atoms with E-state index in [4.69, 9.17) is 4.74 Å². The standard InChI is InChI=1S/C25H24N4O5/c30-23(29-12-6-5-11-21(29)24(31)32)20-13-22(28-27-20)26-25(33)34-14-19-17-9-3-1-7-15(17)16-8-2-4-10-18(16)19/h1-4,7-10,13,19,21H,5-6,11-12,14H2,(H,31,32)(H2,26,27,28,33)/t21-/m0/s1. The lowest BCUT2D eigenvalue weighted by Crippen LogP contribution is -2.48. The molecular formula is C25H24N4O5. The highest BCUT2D eigenvalue weighted by atomic mass is 16.5. The first-order valence-electron chi connectivity index (χ1n) is 11.2. The van der Waals surface area contributed by atoms with Crippen LogP contribution in [0.25, 0.3) is 11.1 Å². The summed E-state index contributed by atoms with van der Waals surface area (Å²) in [6, 6.07) is 16.7. The quantitative estimate of drug-likeness (QED) is 0.531. The summed E-state index contributed by atoms with van der Waals surface area (Å²) in [5, 5.41) is 18.5. The molecule has 9 heteroatoms. The third-order valence-corrected chi connectivity index (χ3v) is 6.43. The lowest BCUT2D eigenvalue weighted by molar-refractivity contribution is -0.143. The predicted molar refractivity (Wildman–Crippen MR) is 124 cm³/mol. The van der Waals surface area contributed by atoms with Crippen molar-refractivity contribution in [3.63, 3.8) is 0 Å². The molecule has 1 aliphatic heterocycles. The lowest BCUT2D eigenvalue weighted by Gasteiger charge is -2.32. The van der Waals surface area contributed by atoms with Gasteiger partial charge in [-0.05, 0) is 41.5 Å². The van der Waals surface area contributed by atoms with E-state index in [1.807, 2.05) is 36.4 Å². The monoisotopic (exact) mass is 460 g/mol. The maximum absolute atomic E-state index is 12.8. The number of aromatic amines is 1. The normalized spacial score (nSPS) is 17.1. The summed E-state index contributed by atoms with van der Waals surface area (Å²) in [7, 11) is 0. The molecule has 0 spiro atoms. The number of nitrogens with zero attached hydrogens (tertiary/aromatic N) is 2. The topological polar surface area (TPSA) is 125 Å². The molecule has 2 aromatic carbocycles. The van der Waals surface area contributed by atoms with Gasteiger partial charge in [-0.2, -0.15) is 5.10 Å². The van der Waals surface area contributed by atoms with Crippen molar-refractivity contribution in [1.82, 2.24) is 15.1 Å². The number of benzene rings is 2. The van der Waals surface area contributed by atoms with Gasteiger partial charge in [0.15, 0.2) is 5.82 Å². The third kappa shape index (κ3) is 4.00. The fourth-order valence-electron chi connectivity index (χ4n) is 4.82. The first-order valence-corrected chi connectivity index (χ1v) is 11.2. The highest BCUT2D eigenvalue weighted by molar-refractivity contribution is 5.96. The maximum Gasteiger partial charge on any atom is 0.412 e. The second-order valence-corrected chi connectivity index (χ2v) is 8.47. The number of H-pyrrole nitrogens is 1. The minimum atomic E-state index is -1.02. The Balaban J connectivity index is 1.23. The highest BCUT2D eigenvalue weighted by Crippen LogP contribution is 2.44. The molecule has 2 heterocycles. The first kappa shape index (κ1) is 21.7.